The van der Waals surface area contributed by atoms with Crippen molar-refractivity contribution in [1.82, 2.24) is 4.72 Å². The third-order valence-corrected chi connectivity index (χ3v) is 5.23. The third-order valence-electron chi connectivity index (χ3n) is 2.16. The predicted molar refractivity (Wildman–Crippen MR) is 64.9 cm³/mol. The van der Waals surface area contributed by atoms with Crippen molar-refractivity contribution in [3.05, 3.63) is 17.0 Å². The number of nitrogens with one attached hydrogen (secondary N) is 1. The Morgan fingerprint density at radius 3 is 2.75 bits per heavy atom. The van der Waals surface area contributed by atoms with Crippen molar-refractivity contribution in [3.8, 4) is 0 Å². The molecule has 0 aliphatic heterocycles. The number of aliphatic hydroxyl groups excluding tert-OH is 1. The van der Waals surface area contributed by atoms with Gasteiger partial charge < -0.3 is 5.11 Å². The lowest BCUT2D eigenvalue weighted by molar-refractivity contribution is 0.282. The zero-order valence-corrected chi connectivity index (χ0v) is 11.1. The number of rotatable bonds is 6. The topological polar surface area (TPSA) is 66.4 Å². The molecular weight excluding hydrogens is 246 g/mol. The van der Waals surface area contributed by atoms with Gasteiger partial charge in [-0.15, -0.1) is 11.3 Å². The smallest absolute Gasteiger partial charge is 0.250 e. The monoisotopic (exact) mass is 263 g/mol. The van der Waals surface area contributed by atoms with Gasteiger partial charge in [-0.25, -0.2) is 13.1 Å². The third kappa shape index (κ3) is 3.55. The predicted octanol–water partition coefficient (Wildman–Crippen LogP) is 1.71. The zero-order valence-electron chi connectivity index (χ0n) is 9.43. The minimum absolute atomic E-state index is 0.0605. The first-order chi connectivity index (χ1) is 7.49. The molecule has 1 heterocycles. The van der Waals surface area contributed by atoms with Gasteiger partial charge in [0.05, 0.1) is 6.61 Å². The van der Waals surface area contributed by atoms with Gasteiger partial charge in [0, 0.05) is 6.04 Å². The lowest BCUT2D eigenvalue weighted by Crippen LogP contribution is -2.31. The van der Waals surface area contributed by atoms with E-state index in [9.17, 15) is 8.42 Å². The van der Waals surface area contributed by atoms with Crippen LogP contribution in [0.15, 0.2) is 15.7 Å². The van der Waals surface area contributed by atoms with Crippen LogP contribution < -0.4 is 4.72 Å². The Bertz CT molecular complexity index is 425. The van der Waals surface area contributed by atoms with Crippen LogP contribution in [0.1, 0.15) is 32.3 Å². The quantitative estimate of drug-likeness (QED) is 0.821. The van der Waals surface area contributed by atoms with E-state index in [2.05, 4.69) is 4.72 Å². The second-order valence-corrected chi connectivity index (χ2v) is 6.60. The average molecular weight is 263 g/mol. The molecule has 0 spiro atoms. The van der Waals surface area contributed by atoms with Gasteiger partial charge in [-0.05, 0) is 30.4 Å². The normalized spacial score (nSPS) is 13.9. The molecular formula is C10H17NO3S2. The minimum atomic E-state index is -3.41. The van der Waals surface area contributed by atoms with Crippen molar-refractivity contribution < 1.29 is 13.5 Å². The van der Waals surface area contributed by atoms with Gasteiger partial charge in [-0.3, -0.25) is 0 Å². The zero-order chi connectivity index (χ0) is 12.2. The summed E-state index contributed by atoms with van der Waals surface area (Å²) in [6, 6.07) is 1.45. The molecule has 0 aromatic carbocycles. The minimum Gasteiger partial charge on any atom is -0.392 e. The van der Waals surface area contributed by atoms with E-state index in [4.69, 9.17) is 5.11 Å². The number of thiophene rings is 1. The summed E-state index contributed by atoms with van der Waals surface area (Å²) in [5.74, 6) is 0. The lowest BCUT2D eigenvalue weighted by Gasteiger charge is -2.11. The molecule has 16 heavy (non-hydrogen) atoms. The van der Waals surface area contributed by atoms with Crippen molar-refractivity contribution >= 4 is 21.4 Å². The summed E-state index contributed by atoms with van der Waals surface area (Å²) in [4.78, 5) is 0. The molecule has 0 saturated heterocycles. The van der Waals surface area contributed by atoms with Gasteiger partial charge in [0.25, 0.3) is 0 Å². The average Bonchev–Trinajstić information content (AvgIpc) is 2.65. The van der Waals surface area contributed by atoms with Gasteiger partial charge in [0.1, 0.15) is 4.21 Å². The Kier molecular flexibility index (Phi) is 4.91. The van der Waals surface area contributed by atoms with Gasteiger partial charge >= 0.3 is 0 Å². The highest BCUT2D eigenvalue weighted by Gasteiger charge is 2.18. The van der Waals surface area contributed by atoms with E-state index < -0.39 is 10.0 Å². The van der Waals surface area contributed by atoms with Crippen LogP contribution in [-0.4, -0.2) is 19.6 Å². The molecule has 2 N–H and O–H groups in total. The first-order valence-electron chi connectivity index (χ1n) is 5.20. The van der Waals surface area contributed by atoms with Crippen molar-refractivity contribution in [2.75, 3.05) is 0 Å². The highest BCUT2D eigenvalue weighted by Crippen LogP contribution is 2.20. The molecule has 0 fully saturated rings. The Balaban J connectivity index is 2.77. The number of aliphatic hydroxyl groups is 1. The molecule has 1 atom stereocenters. The molecule has 0 radical (unpaired) electrons. The Labute approximate surface area is 100 Å². The second-order valence-electron chi connectivity index (χ2n) is 3.74. The summed E-state index contributed by atoms with van der Waals surface area (Å²) < 4.78 is 26.6. The molecule has 92 valence electrons. The largest absolute Gasteiger partial charge is 0.392 e. The molecule has 1 aromatic rings. The standard InChI is InChI=1S/C10H17NO3S2/c1-3-4-8(2)11-16(13,14)10-5-9(6-12)7-15-10/h5,7-8,11-12H,3-4,6H2,1-2H3. The summed E-state index contributed by atoms with van der Waals surface area (Å²) in [5, 5.41) is 10.5. The van der Waals surface area contributed by atoms with Crippen molar-refractivity contribution in [2.24, 2.45) is 0 Å². The summed E-state index contributed by atoms with van der Waals surface area (Å²) in [5.41, 5.74) is 0.633. The summed E-state index contributed by atoms with van der Waals surface area (Å²) >= 11 is 1.13. The van der Waals surface area contributed by atoms with E-state index in [1.54, 1.807) is 5.38 Å². The van der Waals surface area contributed by atoms with Crippen LogP contribution in [0.2, 0.25) is 0 Å². The summed E-state index contributed by atoms with van der Waals surface area (Å²) in [6.07, 6.45) is 1.76. The van der Waals surface area contributed by atoms with Crippen LogP contribution >= 0.6 is 11.3 Å². The maximum Gasteiger partial charge on any atom is 0.250 e. The van der Waals surface area contributed by atoms with Gasteiger partial charge in [-0.2, -0.15) is 0 Å². The van der Waals surface area contributed by atoms with E-state index in [0.29, 0.717) is 5.56 Å². The lowest BCUT2D eigenvalue weighted by atomic mass is 10.2. The van der Waals surface area contributed by atoms with Crippen molar-refractivity contribution in [2.45, 2.75) is 43.5 Å². The molecule has 0 saturated carbocycles. The van der Waals surface area contributed by atoms with Crippen LogP contribution in [0.4, 0.5) is 0 Å². The maximum atomic E-state index is 11.9. The highest BCUT2D eigenvalue weighted by atomic mass is 32.2. The molecule has 1 rings (SSSR count). The first-order valence-corrected chi connectivity index (χ1v) is 7.56. The van der Waals surface area contributed by atoms with Gasteiger partial charge in [0.2, 0.25) is 10.0 Å². The molecule has 1 unspecified atom stereocenters. The van der Waals surface area contributed by atoms with Crippen LogP contribution in [0.25, 0.3) is 0 Å². The number of sulfonamides is 1. The Morgan fingerprint density at radius 1 is 1.56 bits per heavy atom. The Morgan fingerprint density at radius 2 is 2.25 bits per heavy atom. The molecule has 4 nitrogen and oxygen atoms in total. The van der Waals surface area contributed by atoms with Gasteiger partial charge in [-0.1, -0.05) is 13.3 Å². The van der Waals surface area contributed by atoms with Crippen LogP contribution in [0.3, 0.4) is 0 Å². The molecule has 0 aliphatic rings. The Hall–Kier alpha value is -0.430. The maximum absolute atomic E-state index is 11.9. The summed E-state index contributed by atoms with van der Waals surface area (Å²) in [6.45, 7) is 3.73. The van der Waals surface area contributed by atoms with Crippen LogP contribution in [-0.2, 0) is 16.6 Å². The molecule has 0 amide bonds. The summed E-state index contributed by atoms with van der Waals surface area (Å²) in [7, 11) is -3.41. The van der Waals surface area contributed by atoms with Crippen LogP contribution in [0.5, 0.6) is 0 Å². The van der Waals surface area contributed by atoms with E-state index in [1.807, 2.05) is 13.8 Å². The fraction of sp³-hybridized carbons (Fsp3) is 0.600. The molecule has 0 bridgehead atoms. The molecule has 1 aromatic heterocycles. The SMILES string of the molecule is CCCC(C)NS(=O)(=O)c1cc(CO)cs1. The van der Waals surface area contributed by atoms with Crippen molar-refractivity contribution in [3.63, 3.8) is 0 Å². The molecule has 0 aliphatic carbocycles. The number of hydrogen-bond donors (Lipinski definition) is 2. The van der Waals surface area contributed by atoms with Crippen molar-refractivity contribution in [1.29, 1.82) is 0 Å². The number of hydrogen-bond acceptors (Lipinski definition) is 4. The van der Waals surface area contributed by atoms with E-state index in [1.165, 1.54) is 6.07 Å². The second kappa shape index (κ2) is 5.77. The van der Waals surface area contributed by atoms with E-state index in [-0.39, 0.29) is 16.9 Å². The highest BCUT2D eigenvalue weighted by molar-refractivity contribution is 7.91. The van der Waals surface area contributed by atoms with Gasteiger partial charge in [0.15, 0.2) is 0 Å². The fourth-order valence-corrected chi connectivity index (χ4v) is 3.89. The van der Waals surface area contributed by atoms with E-state index >= 15 is 0 Å². The van der Waals surface area contributed by atoms with E-state index in [0.717, 1.165) is 24.2 Å². The first kappa shape index (κ1) is 13.6. The fourth-order valence-electron chi connectivity index (χ4n) is 1.39. The molecule has 6 heteroatoms. The van der Waals surface area contributed by atoms with Crippen LogP contribution in [0, 0.1) is 0 Å².